The van der Waals surface area contributed by atoms with E-state index in [9.17, 15) is 9.59 Å². The third-order valence-corrected chi connectivity index (χ3v) is 6.21. The van der Waals surface area contributed by atoms with Crippen LogP contribution in [-0.4, -0.2) is 11.8 Å². The summed E-state index contributed by atoms with van der Waals surface area (Å²) in [5.74, 6) is -0.819. The molecule has 0 spiro atoms. The summed E-state index contributed by atoms with van der Waals surface area (Å²) in [4.78, 5) is 28.5. The fraction of sp³-hybridized carbons (Fsp3) is 0.154. The standard InChI is InChI=1S/C26H22Cl2N2O2/c1-14-5-7-18(11-16(14)3)23-24(29-21-10-9-19(27)12-17(21)4)26(32)30(25(23)31)22-13-20(28)8-6-15(22)2/h5-13,29H,1-4H3. The number of carbonyl (C=O) groups excluding carboxylic acids is 2. The Morgan fingerprint density at radius 2 is 1.34 bits per heavy atom. The van der Waals surface area contributed by atoms with Gasteiger partial charge in [-0.1, -0.05) is 47.5 Å². The molecule has 4 nitrogen and oxygen atoms in total. The highest BCUT2D eigenvalue weighted by Crippen LogP contribution is 2.37. The summed E-state index contributed by atoms with van der Waals surface area (Å²) < 4.78 is 0. The Labute approximate surface area is 197 Å². The van der Waals surface area contributed by atoms with Crippen molar-refractivity contribution in [1.82, 2.24) is 0 Å². The Kier molecular flexibility index (Phi) is 5.85. The summed E-state index contributed by atoms with van der Waals surface area (Å²) in [6.45, 7) is 7.73. The molecule has 0 saturated heterocycles. The van der Waals surface area contributed by atoms with Crippen molar-refractivity contribution >= 4 is 52.0 Å². The molecule has 2 amide bonds. The van der Waals surface area contributed by atoms with Gasteiger partial charge in [0, 0.05) is 15.7 Å². The van der Waals surface area contributed by atoms with Gasteiger partial charge in [-0.3, -0.25) is 9.59 Å². The normalized spacial score (nSPS) is 13.9. The van der Waals surface area contributed by atoms with Gasteiger partial charge in [0.2, 0.25) is 0 Å². The van der Waals surface area contributed by atoms with E-state index in [4.69, 9.17) is 23.2 Å². The zero-order valence-corrected chi connectivity index (χ0v) is 19.7. The van der Waals surface area contributed by atoms with Crippen LogP contribution in [0.1, 0.15) is 27.8 Å². The van der Waals surface area contributed by atoms with Crippen LogP contribution in [0.5, 0.6) is 0 Å². The molecule has 162 valence electrons. The number of carbonyl (C=O) groups is 2. The maximum absolute atomic E-state index is 13.7. The van der Waals surface area contributed by atoms with Crippen LogP contribution >= 0.6 is 23.2 Å². The van der Waals surface area contributed by atoms with Gasteiger partial charge < -0.3 is 5.32 Å². The molecule has 0 atom stereocenters. The van der Waals surface area contributed by atoms with Gasteiger partial charge in [-0.05, 0) is 85.8 Å². The lowest BCUT2D eigenvalue weighted by molar-refractivity contribution is -0.120. The van der Waals surface area contributed by atoms with E-state index < -0.39 is 11.8 Å². The number of aryl methyl sites for hydroxylation is 4. The first-order chi connectivity index (χ1) is 15.2. The van der Waals surface area contributed by atoms with Crippen LogP contribution in [0.25, 0.3) is 5.57 Å². The van der Waals surface area contributed by atoms with Gasteiger partial charge in [0.25, 0.3) is 11.8 Å². The predicted molar refractivity (Wildman–Crippen MR) is 131 cm³/mol. The van der Waals surface area contributed by atoms with E-state index in [2.05, 4.69) is 5.32 Å². The highest BCUT2D eigenvalue weighted by molar-refractivity contribution is 6.46. The topological polar surface area (TPSA) is 49.4 Å². The molecule has 3 aromatic carbocycles. The second-order valence-electron chi connectivity index (χ2n) is 8.01. The molecule has 6 heteroatoms. The molecule has 1 aliphatic heterocycles. The van der Waals surface area contributed by atoms with Gasteiger partial charge in [0.05, 0.1) is 11.3 Å². The number of amides is 2. The Bertz CT molecular complexity index is 1310. The molecule has 1 N–H and O–H groups in total. The van der Waals surface area contributed by atoms with Gasteiger partial charge in [-0.15, -0.1) is 0 Å². The van der Waals surface area contributed by atoms with Crippen molar-refractivity contribution in [2.75, 3.05) is 10.2 Å². The minimum Gasteiger partial charge on any atom is -0.350 e. The van der Waals surface area contributed by atoms with Crippen molar-refractivity contribution < 1.29 is 9.59 Å². The lowest BCUT2D eigenvalue weighted by Gasteiger charge is -2.18. The average molecular weight is 465 g/mol. The van der Waals surface area contributed by atoms with E-state index in [0.29, 0.717) is 32.6 Å². The van der Waals surface area contributed by atoms with Gasteiger partial charge >= 0.3 is 0 Å². The Balaban J connectivity index is 1.89. The van der Waals surface area contributed by atoms with Crippen LogP contribution in [0, 0.1) is 27.7 Å². The van der Waals surface area contributed by atoms with E-state index in [1.54, 1.807) is 36.4 Å². The molecule has 3 aromatic rings. The molecule has 0 aliphatic carbocycles. The second-order valence-corrected chi connectivity index (χ2v) is 8.88. The lowest BCUT2D eigenvalue weighted by atomic mass is 9.99. The first-order valence-corrected chi connectivity index (χ1v) is 10.9. The zero-order valence-electron chi connectivity index (χ0n) is 18.2. The number of benzene rings is 3. The summed E-state index contributed by atoms with van der Waals surface area (Å²) in [5, 5.41) is 4.26. The van der Waals surface area contributed by atoms with E-state index in [1.165, 1.54) is 4.90 Å². The molecule has 0 aromatic heterocycles. The van der Waals surface area contributed by atoms with Crippen molar-refractivity contribution in [2.45, 2.75) is 27.7 Å². The lowest BCUT2D eigenvalue weighted by Crippen LogP contribution is -2.33. The number of nitrogens with zero attached hydrogens (tertiary/aromatic N) is 1. The van der Waals surface area contributed by atoms with E-state index >= 15 is 0 Å². The minimum atomic E-state index is -0.428. The van der Waals surface area contributed by atoms with Crippen molar-refractivity contribution in [3.63, 3.8) is 0 Å². The van der Waals surface area contributed by atoms with Crippen molar-refractivity contribution in [3.8, 4) is 0 Å². The molecule has 0 unspecified atom stereocenters. The van der Waals surface area contributed by atoms with Gasteiger partial charge in [0.1, 0.15) is 5.70 Å². The van der Waals surface area contributed by atoms with Crippen LogP contribution in [-0.2, 0) is 9.59 Å². The quantitative estimate of drug-likeness (QED) is 0.441. The van der Waals surface area contributed by atoms with Crippen LogP contribution in [0.2, 0.25) is 10.0 Å². The van der Waals surface area contributed by atoms with Crippen molar-refractivity contribution in [1.29, 1.82) is 0 Å². The first kappa shape index (κ1) is 22.1. The second kappa shape index (κ2) is 8.45. The molecule has 0 bridgehead atoms. The highest BCUT2D eigenvalue weighted by Gasteiger charge is 2.41. The molecular formula is C26H22Cl2N2O2. The van der Waals surface area contributed by atoms with Gasteiger partial charge in [0.15, 0.2) is 0 Å². The van der Waals surface area contributed by atoms with Crippen LogP contribution in [0.3, 0.4) is 0 Å². The zero-order chi connectivity index (χ0) is 23.2. The maximum atomic E-state index is 13.7. The molecule has 0 fully saturated rings. The number of halogens is 2. The average Bonchev–Trinajstić information content (AvgIpc) is 2.98. The summed E-state index contributed by atoms with van der Waals surface area (Å²) in [5.41, 5.74) is 6.19. The number of hydrogen-bond acceptors (Lipinski definition) is 3. The molecule has 1 heterocycles. The molecule has 4 rings (SSSR count). The van der Waals surface area contributed by atoms with Crippen LogP contribution < -0.4 is 10.2 Å². The first-order valence-electron chi connectivity index (χ1n) is 10.2. The third kappa shape index (κ3) is 3.92. The molecule has 0 saturated carbocycles. The highest BCUT2D eigenvalue weighted by atomic mass is 35.5. The van der Waals surface area contributed by atoms with E-state index in [-0.39, 0.29) is 5.70 Å². The monoisotopic (exact) mass is 464 g/mol. The van der Waals surface area contributed by atoms with Gasteiger partial charge in [-0.2, -0.15) is 0 Å². The van der Waals surface area contributed by atoms with E-state index in [0.717, 1.165) is 22.3 Å². The van der Waals surface area contributed by atoms with Crippen LogP contribution in [0.4, 0.5) is 11.4 Å². The number of nitrogens with one attached hydrogen (secondary N) is 1. The Morgan fingerprint density at radius 1 is 0.688 bits per heavy atom. The Hall–Kier alpha value is -3.08. The molecule has 1 aliphatic rings. The SMILES string of the molecule is Cc1ccc(C2=C(Nc3ccc(Cl)cc3C)C(=O)N(c3cc(Cl)ccc3C)C2=O)cc1C. The van der Waals surface area contributed by atoms with E-state index in [1.807, 2.05) is 45.9 Å². The predicted octanol–water partition coefficient (Wildman–Crippen LogP) is 6.62. The number of anilines is 2. The van der Waals surface area contributed by atoms with Gasteiger partial charge in [-0.25, -0.2) is 4.90 Å². The number of rotatable bonds is 4. The summed E-state index contributed by atoms with van der Waals surface area (Å²) in [6, 6.07) is 16.3. The summed E-state index contributed by atoms with van der Waals surface area (Å²) in [6.07, 6.45) is 0. The largest absolute Gasteiger partial charge is 0.350 e. The fourth-order valence-electron chi connectivity index (χ4n) is 3.75. The fourth-order valence-corrected chi connectivity index (χ4v) is 4.15. The smallest absolute Gasteiger partial charge is 0.282 e. The van der Waals surface area contributed by atoms with Crippen LogP contribution in [0.15, 0.2) is 60.3 Å². The molecule has 0 radical (unpaired) electrons. The number of hydrogen-bond donors (Lipinski definition) is 1. The molecular weight excluding hydrogens is 443 g/mol. The summed E-state index contributed by atoms with van der Waals surface area (Å²) in [7, 11) is 0. The van der Waals surface area contributed by atoms with Crippen molar-refractivity contribution in [3.05, 3.63) is 98.2 Å². The van der Waals surface area contributed by atoms with Crippen molar-refractivity contribution in [2.24, 2.45) is 0 Å². The molecule has 32 heavy (non-hydrogen) atoms. The number of imide groups is 1. The maximum Gasteiger partial charge on any atom is 0.282 e. The summed E-state index contributed by atoms with van der Waals surface area (Å²) >= 11 is 12.3. The Morgan fingerprint density at radius 3 is 2.03 bits per heavy atom. The minimum absolute atomic E-state index is 0.225. The third-order valence-electron chi connectivity index (χ3n) is 5.74.